The number of aliphatic carboxylic acids is 1. The number of carbonyl (C=O) groups excluding carboxylic acids is 3. The molecule has 0 spiro atoms. The lowest BCUT2D eigenvalue weighted by molar-refractivity contribution is -0.147. The van der Waals surface area contributed by atoms with Crippen LogP contribution in [-0.2, 0) is 30.3 Å². The van der Waals surface area contributed by atoms with E-state index in [1.165, 1.54) is 19.1 Å². The maximum Gasteiger partial charge on any atom is 0.508 e. The summed E-state index contributed by atoms with van der Waals surface area (Å²) in [6, 6.07) is 4.46. The van der Waals surface area contributed by atoms with Gasteiger partial charge in [-0.05, 0) is 78.5 Å². The quantitative estimate of drug-likeness (QED) is 0.197. The molecule has 10 heteroatoms. The van der Waals surface area contributed by atoms with Crippen LogP contribution in [0.1, 0.15) is 100.0 Å². The summed E-state index contributed by atoms with van der Waals surface area (Å²) in [7, 11) is 0. The monoisotopic (exact) mass is 565 g/mol. The van der Waals surface area contributed by atoms with Gasteiger partial charge in [-0.3, -0.25) is 14.4 Å². The Kier molecular flexibility index (Phi) is 12.6. The number of nitrogens with two attached hydrogens (primary N) is 1. The molecular formula is C30H47NO9. The summed E-state index contributed by atoms with van der Waals surface area (Å²) in [4.78, 5) is 50.0. The smallest absolute Gasteiger partial charge is 0.480 e. The van der Waals surface area contributed by atoms with Crippen LogP contribution in [0.3, 0.4) is 0 Å². The first-order valence-corrected chi connectivity index (χ1v) is 13.9. The lowest BCUT2D eigenvalue weighted by atomic mass is 9.86. The van der Waals surface area contributed by atoms with Crippen molar-refractivity contribution in [3.8, 4) is 11.5 Å². The van der Waals surface area contributed by atoms with E-state index < -0.39 is 46.5 Å². The number of ether oxygens (including phenoxy) is 4. The van der Waals surface area contributed by atoms with Crippen LogP contribution in [0.25, 0.3) is 0 Å². The lowest BCUT2D eigenvalue weighted by Gasteiger charge is -2.28. The maximum absolute atomic E-state index is 12.9. The Labute approximate surface area is 237 Å². The average Bonchev–Trinajstić information content (AvgIpc) is 2.84. The summed E-state index contributed by atoms with van der Waals surface area (Å²) in [5.74, 6) is -2.32. The van der Waals surface area contributed by atoms with E-state index in [0.29, 0.717) is 24.8 Å². The molecule has 40 heavy (non-hydrogen) atoms. The number of rotatable bonds is 15. The molecule has 0 saturated carbocycles. The van der Waals surface area contributed by atoms with Gasteiger partial charge in [0, 0.05) is 12.8 Å². The molecular weight excluding hydrogens is 518 g/mol. The van der Waals surface area contributed by atoms with Crippen LogP contribution in [0.5, 0.6) is 11.5 Å². The molecule has 1 rings (SSSR count). The summed E-state index contributed by atoms with van der Waals surface area (Å²) in [5.41, 5.74) is 3.31. The Balaban J connectivity index is 3.27. The lowest BCUT2D eigenvalue weighted by Crippen LogP contribution is -2.52. The Hall–Kier alpha value is -3.14. The van der Waals surface area contributed by atoms with Crippen LogP contribution in [0, 0.1) is 10.8 Å². The molecule has 0 radical (unpaired) electrons. The van der Waals surface area contributed by atoms with E-state index >= 15 is 0 Å². The van der Waals surface area contributed by atoms with E-state index in [4.69, 9.17) is 24.7 Å². The van der Waals surface area contributed by atoms with Crippen LogP contribution in [0.2, 0.25) is 0 Å². The van der Waals surface area contributed by atoms with Crippen molar-refractivity contribution < 1.29 is 43.2 Å². The summed E-state index contributed by atoms with van der Waals surface area (Å²) in [5, 5.41) is 9.98. The van der Waals surface area contributed by atoms with Gasteiger partial charge < -0.3 is 29.8 Å². The molecule has 1 aromatic carbocycles. The summed E-state index contributed by atoms with van der Waals surface area (Å²) in [6.45, 7) is 15.9. The van der Waals surface area contributed by atoms with Gasteiger partial charge in [-0.1, -0.05) is 33.3 Å². The molecule has 0 heterocycles. The van der Waals surface area contributed by atoms with Gasteiger partial charge in [0.05, 0.1) is 10.8 Å². The molecule has 0 aliphatic rings. The Morgan fingerprint density at radius 3 is 1.82 bits per heavy atom. The van der Waals surface area contributed by atoms with Crippen molar-refractivity contribution >= 4 is 24.1 Å². The molecule has 226 valence electrons. The van der Waals surface area contributed by atoms with Crippen molar-refractivity contribution in [1.82, 2.24) is 0 Å². The third-order valence-corrected chi connectivity index (χ3v) is 7.17. The van der Waals surface area contributed by atoms with Gasteiger partial charge in [0.25, 0.3) is 0 Å². The number of esters is 2. The predicted octanol–water partition coefficient (Wildman–Crippen LogP) is 5.81. The van der Waals surface area contributed by atoms with E-state index in [1.807, 2.05) is 20.8 Å². The topological polar surface area (TPSA) is 151 Å². The average molecular weight is 566 g/mol. The highest BCUT2D eigenvalue weighted by Crippen LogP contribution is 2.35. The zero-order valence-electron chi connectivity index (χ0n) is 25.4. The number of benzene rings is 1. The van der Waals surface area contributed by atoms with E-state index in [2.05, 4.69) is 0 Å². The van der Waals surface area contributed by atoms with E-state index in [9.17, 15) is 24.3 Å². The van der Waals surface area contributed by atoms with Crippen LogP contribution < -0.4 is 15.2 Å². The highest BCUT2D eigenvalue weighted by atomic mass is 16.7. The van der Waals surface area contributed by atoms with Crippen LogP contribution >= 0.6 is 0 Å². The number of carboxylic acids is 1. The first kappa shape index (κ1) is 34.9. The van der Waals surface area contributed by atoms with Gasteiger partial charge in [-0.2, -0.15) is 0 Å². The van der Waals surface area contributed by atoms with Gasteiger partial charge in [-0.25, -0.2) is 4.79 Å². The SMILES string of the molecule is CCCC(C)OC(=O)O[C@@H](C)CC(N)(Cc1ccc(OC(=O)C(C)(C)CC)c(OC(=O)C(C)(C)CC)c1)C(=O)O. The fourth-order valence-electron chi connectivity index (χ4n) is 3.57. The van der Waals surface area contributed by atoms with E-state index in [0.717, 1.165) is 6.42 Å². The summed E-state index contributed by atoms with van der Waals surface area (Å²) >= 11 is 0. The van der Waals surface area contributed by atoms with Crippen molar-refractivity contribution in [3.05, 3.63) is 23.8 Å². The van der Waals surface area contributed by atoms with E-state index in [-0.39, 0.29) is 30.4 Å². The van der Waals surface area contributed by atoms with Gasteiger partial charge in [-0.15, -0.1) is 0 Å². The molecule has 3 atom stereocenters. The maximum atomic E-state index is 12.9. The second kappa shape index (κ2) is 14.5. The molecule has 0 aromatic heterocycles. The van der Waals surface area contributed by atoms with E-state index in [1.54, 1.807) is 40.7 Å². The largest absolute Gasteiger partial charge is 0.508 e. The molecule has 1 aromatic rings. The number of hydrogen-bond acceptors (Lipinski definition) is 9. The van der Waals surface area contributed by atoms with Gasteiger partial charge in [0.15, 0.2) is 11.5 Å². The number of hydrogen-bond donors (Lipinski definition) is 2. The van der Waals surface area contributed by atoms with Crippen LogP contribution in [-0.4, -0.2) is 46.9 Å². The van der Waals surface area contributed by atoms with Crippen LogP contribution in [0.4, 0.5) is 4.79 Å². The second-order valence-electron chi connectivity index (χ2n) is 11.8. The molecule has 2 unspecified atom stereocenters. The third-order valence-electron chi connectivity index (χ3n) is 7.17. The van der Waals surface area contributed by atoms with Gasteiger partial charge >= 0.3 is 24.1 Å². The Morgan fingerprint density at radius 1 is 0.850 bits per heavy atom. The molecule has 0 saturated heterocycles. The highest BCUT2D eigenvalue weighted by molar-refractivity contribution is 5.82. The highest BCUT2D eigenvalue weighted by Gasteiger charge is 2.38. The standard InChI is InChI=1S/C30H47NO9/c1-10-13-19(4)37-27(36)38-20(5)17-30(31,24(32)33)18-21-14-15-22(39-25(34)28(6,7)11-2)23(16-21)40-26(35)29(8,9)12-3/h14-16,19-20H,10-13,17-18,31H2,1-9H3,(H,32,33)/t19?,20-,30?/m0/s1. The fourth-order valence-corrected chi connectivity index (χ4v) is 3.57. The molecule has 0 aliphatic carbocycles. The summed E-state index contributed by atoms with van der Waals surface area (Å²) in [6.07, 6.45) is 0.0533. The first-order chi connectivity index (χ1) is 18.4. The third kappa shape index (κ3) is 10.1. The van der Waals surface area contributed by atoms with Gasteiger partial charge in [0.1, 0.15) is 17.7 Å². The minimum absolute atomic E-state index is 0.0187. The molecule has 0 amide bonds. The fraction of sp³-hybridized carbons (Fsp3) is 0.667. The molecule has 0 fully saturated rings. The van der Waals surface area contributed by atoms with Crippen molar-refractivity contribution in [2.45, 2.75) is 119 Å². The predicted molar refractivity (Wildman–Crippen MR) is 150 cm³/mol. The minimum atomic E-state index is -1.83. The molecule has 0 bridgehead atoms. The van der Waals surface area contributed by atoms with Crippen LogP contribution in [0.15, 0.2) is 18.2 Å². The zero-order valence-corrected chi connectivity index (χ0v) is 25.4. The number of carboxylic acid groups (broad SMARTS) is 1. The normalized spacial score (nSPS) is 14.8. The number of carbonyl (C=O) groups is 4. The summed E-state index contributed by atoms with van der Waals surface area (Å²) < 4.78 is 21.7. The molecule has 0 aliphatic heterocycles. The van der Waals surface area contributed by atoms with Crippen molar-refractivity contribution in [2.24, 2.45) is 16.6 Å². The first-order valence-electron chi connectivity index (χ1n) is 13.9. The zero-order chi connectivity index (χ0) is 30.9. The second-order valence-corrected chi connectivity index (χ2v) is 11.8. The van der Waals surface area contributed by atoms with Gasteiger partial charge in [0.2, 0.25) is 0 Å². The minimum Gasteiger partial charge on any atom is -0.480 e. The van der Waals surface area contributed by atoms with Crippen molar-refractivity contribution in [2.75, 3.05) is 0 Å². The Morgan fingerprint density at radius 2 is 1.35 bits per heavy atom. The molecule has 3 N–H and O–H groups in total. The molecule has 10 nitrogen and oxygen atoms in total. The van der Waals surface area contributed by atoms with Crippen molar-refractivity contribution in [1.29, 1.82) is 0 Å². The Bertz CT molecular complexity index is 1050. The van der Waals surface area contributed by atoms with Crippen molar-refractivity contribution in [3.63, 3.8) is 0 Å².